The van der Waals surface area contributed by atoms with Gasteiger partial charge in [0.15, 0.2) is 0 Å². The zero-order valence-electron chi connectivity index (χ0n) is 24.2. The Bertz CT molecular complexity index is 1590. The van der Waals surface area contributed by atoms with Gasteiger partial charge in [-0.25, -0.2) is 0 Å². The second-order valence-electron chi connectivity index (χ2n) is 11.1. The smallest absolute Gasteiger partial charge is 0.339 e. The number of likely N-dealkylation sites (N-methyl/N-ethyl adjacent to an activating group) is 1. The lowest BCUT2D eigenvalue weighted by molar-refractivity contribution is -0.144. The van der Waals surface area contributed by atoms with Gasteiger partial charge < -0.3 is 29.8 Å². The summed E-state index contributed by atoms with van der Waals surface area (Å²) in [5, 5.41) is 3.52. The molecular weight excluding hydrogens is 593 g/mol. The molecule has 2 heterocycles. The maximum Gasteiger partial charge on any atom is 0.339 e. The van der Waals surface area contributed by atoms with Gasteiger partial charge in [0, 0.05) is 49.9 Å². The number of alkyl halides is 2. The Morgan fingerprint density at radius 3 is 2.36 bits per heavy atom. The number of fused-ring (bicyclic) bond motifs is 2. The summed E-state index contributed by atoms with van der Waals surface area (Å²) in [6, 6.07) is 14.8. The molecule has 0 spiro atoms. The van der Waals surface area contributed by atoms with Gasteiger partial charge in [0.05, 0.1) is 0 Å². The summed E-state index contributed by atoms with van der Waals surface area (Å²) in [6.45, 7) is 1.63. The monoisotopic (exact) mass is 626 g/mol. The molecule has 2 saturated heterocycles. The maximum atomic E-state index is 14.3. The summed E-state index contributed by atoms with van der Waals surface area (Å²) in [6.07, 6.45) is 1.50. The van der Waals surface area contributed by atoms with E-state index >= 15 is 0 Å². The zero-order valence-corrected chi connectivity index (χ0v) is 25.1. The standard InChI is InChI=1S/C31H33F2N4O6P/c1-19(38)36-15-14-25-12-13-27(30(41)35(2)24-6-4-3-5-7-24)37(25)29(40)26(18-36)34-28(39)21-9-8-20-10-11-23(17-22(20)16-21)31(32,33)44(42)43/h3-11,16-17,25-27,42-43H,12-15,18H2,1-2H3,(H,34,39)/t25-,26+,27+/m1/s1. The molecule has 10 nitrogen and oxygen atoms in total. The molecule has 3 atom stereocenters. The van der Waals surface area contributed by atoms with E-state index < -0.39 is 43.5 Å². The molecule has 4 amide bonds. The average molecular weight is 627 g/mol. The quantitative estimate of drug-likeness (QED) is 0.359. The SMILES string of the molecule is CC(=O)N1CC[C@H]2CC[C@@H](C(=O)N(C)c3ccccc3)N2C(=O)[C@@H](NC(=O)c2ccc3ccc(C(F)(F)P(O)O)cc3c2)C1. The second-order valence-corrected chi connectivity index (χ2v) is 12.3. The van der Waals surface area contributed by atoms with E-state index in [1.165, 1.54) is 34.9 Å². The van der Waals surface area contributed by atoms with Gasteiger partial charge in [-0.1, -0.05) is 36.4 Å². The Morgan fingerprint density at radius 2 is 1.68 bits per heavy atom. The molecular formula is C31H33F2N4O6P. The maximum absolute atomic E-state index is 14.3. The van der Waals surface area contributed by atoms with Crippen LogP contribution in [-0.2, 0) is 20.0 Å². The first-order valence-corrected chi connectivity index (χ1v) is 15.4. The van der Waals surface area contributed by atoms with E-state index in [4.69, 9.17) is 0 Å². The number of amides is 4. The number of para-hydroxylation sites is 1. The number of hydrogen-bond donors (Lipinski definition) is 3. The van der Waals surface area contributed by atoms with E-state index in [1.807, 2.05) is 18.2 Å². The van der Waals surface area contributed by atoms with Gasteiger partial charge in [-0.05, 0) is 60.4 Å². The number of halogens is 2. The lowest BCUT2D eigenvalue weighted by Crippen LogP contribution is -2.61. The first-order chi connectivity index (χ1) is 20.9. The van der Waals surface area contributed by atoms with Crippen LogP contribution in [0.5, 0.6) is 0 Å². The van der Waals surface area contributed by atoms with Crippen LogP contribution in [0.4, 0.5) is 14.5 Å². The second kappa shape index (κ2) is 12.6. The molecule has 3 aromatic rings. The minimum absolute atomic E-state index is 0.0758. The Kier molecular flexibility index (Phi) is 8.97. The number of nitrogens with one attached hydrogen (secondary N) is 1. The van der Waals surface area contributed by atoms with E-state index in [1.54, 1.807) is 30.1 Å². The molecule has 3 aromatic carbocycles. The van der Waals surface area contributed by atoms with Gasteiger partial charge >= 0.3 is 5.66 Å². The van der Waals surface area contributed by atoms with Gasteiger partial charge in [0.25, 0.3) is 5.91 Å². The highest BCUT2D eigenvalue weighted by Gasteiger charge is 2.46. The number of nitrogens with zero attached hydrogens (tertiary/aromatic N) is 3. The molecule has 2 aliphatic rings. The fraction of sp³-hybridized carbons (Fsp3) is 0.355. The third-order valence-corrected chi connectivity index (χ3v) is 9.16. The van der Waals surface area contributed by atoms with Crippen molar-refractivity contribution in [1.82, 2.24) is 15.1 Å². The third-order valence-electron chi connectivity index (χ3n) is 8.40. The predicted octanol–water partition coefficient (Wildman–Crippen LogP) is 3.56. The third kappa shape index (κ3) is 6.15. The van der Waals surface area contributed by atoms with Crippen molar-refractivity contribution in [2.24, 2.45) is 0 Å². The summed E-state index contributed by atoms with van der Waals surface area (Å²) in [5.41, 5.74) is -3.72. The van der Waals surface area contributed by atoms with Gasteiger partial charge in [-0.3, -0.25) is 19.2 Å². The Morgan fingerprint density at radius 1 is 0.977 bits per heavy atom. The van der Waals surface area contributed by atoms with E-state index in [-0.39, 0.29) is 35.4 Å². The topological polar surface area (TPSA) is 130 Å². The zero-order chi connectivity index (χ0) is 31.8. The van der Waals surface area contributed by atoms with Crippen LogP contribution in [0.1, 0.15) is 42.1 Å². The van der Waals surface area contributed by atoms with Crippen molar-refractivity contribution in [3.63, 3.8) is 0 Å². The van der Waals surface area contributed by atoms with Crippen molar-refractivity contribution in [3.8, 4) is 0 Å². The van der Waals surface area contributed by atoms with Gasteiger partial charge in [0.1, 0.15) is 12.1 Å². The predicted molar refractivity (Wildman–Crippen MR) is 161 cm³/mol. The van der Waals surface area contributed by atoms with Crippen LogP contribution in [0.25, 0.3) is 10.8 Å². The van der Waals surface area contributed by atoms with E-state index in [0.29, 0.717) is 36.9 Å². The minimum Gasteiger partial charge on any atom is -0.346 e. The molecule has 2 fully saturated rings. The Balaban J connectivity index is 1.42. The van der Waals surface area contributed by atoms with Crippen LogP contribution in [0.3, 0.4) is 0 Å². The largest absolute Gasteiger partial charge is 0.346 e. The molecule has 0 bridgehead atoms. The number of hydrogen-bond acceptors (Lipinski definition) is 6. The molecule has 44 heavy (non-hydrogen) atoms. The van der Waals surface area contributed by atoms with E-state index in [0.717, 1.165) is 12.1 Å². The summed E-state index contributed by atoms with van der Waals surface area (Å²) < 4.78 is 28.6. The van der Waals surface area contributed by atoms with Crippen LogP contribution in [0.2, 0.25) is 0 Å². The molecule has 0 radical (unpaired) electrons. The number of carbonyl (C=O) groups excluding carboxylic acids is 4. The molecule has 3 N–H and O–H groups in total. The van der Waals surface area contributed by atoms with Crippen molar-refractivity contribution < 1.29 is 37.7 Å². The van der Waals surface area contributed by atoms with Crippen molar-refractivity contribution >= 4 is 48.5 Å². The number of anilines is 1. The van der Waals surface area contributed by atoms with Crippen LogP contribution in [0, 0.1) is 0 Å². The molecule has 232 valence electrons. The van der Waals surface area contributed by atoms with Crippen molar-refractivity contribution in [2.45, 2.75) is 50.0 Å². The van der Waals surface area contributed by atoms with Crippen LogP contribution in [-0.4, -0.2) is 81.5 Å². The highest BCUT2D eigenvalue weighted by atomic mass is 31.2. The highest BCUT2D eigenvalue weighted by molar-refractivity contribution is 7.46. The van der Waals surface area contributed by atoms with Crippen molar-refractivity contribution in [2.75, 3.05) is 25.0 Å². The fourth-order valence-electron chi connectivity index (χ4n) is 5.94. The van der Waals surface area contributed by atoms with Crippen LogP contribution in [0.15, 0.2) is 66.7 Å². The van der Waals surface area contributed by atoms with Crippen LogP contribution >= 0.6 is 8.38 Å². The first kappa shape index (κ1) is 31.4. The summed E-state index contributed by atoms with van der Waals surface area (Å²) in [7, 11) is -1.92. The average Bonchev–Trinajstić information content (AvgIpc) is 3.43. The first-order valence-electron chi connectivity index (χ1n) is 14.2. The van der Waals surface area contributed by atoms with Crippen LogP contribution < -0.4 is 10.2 Å². The van der Waals surface area contributed by atoms with Gasteiger partial charge in [-0.15, -0.1) is 0 Å². The summed E-state index contributed by atoms with van der Waals surface area (Å²) in [4.78, 5) is 76.6. The minimum atomic E-state index is -3.86. The van der Waals surface area contributed by atoms with Crippen molar-refractivity contribution in [1.29, 1.82) is 0 Å². The molecule has 5 rings (SSSR count). The number of rotatable bonds is 6. The Hall–Kier alpha value is -3.99. The molecule has 0 unspecified atom stereocenters. The summed E-state index contributed by atoms with van der Waals surface area (Å²) >= 11 is 0. The lowest BCUT2D eigenvalue weighted by atomic mass is 10.0. The number of carbonyl (C=O) groups is 4. The molecule has 0 aliphatic carbocycles. The molecule has 0 aromatic heterocycles. The van der Waals surface area contributed by atoms with Crippen molar-refractivity contribution in [3.05, 3.63) is 77.9 Å². The molecule has 2 aliphatic heterocycles. The Labute approximate surface area is 254 Å². The highest BCUT2D eigenvalue weighted by Crippen LogP contribution is 2.52. The molecule has 0 saturated carbocycles. The van der Waals surface area contributed by atoms with Gasteiger partial charge in [0.2, 0.25) is 26.1 Å². The van der Waals surface area contributed by atoms with E-state index in [2.05, 4.69) is 5.32 Å². The summed E-state index contributed by atoms with van der Waals surface area (Å²) in [5.74, 6) is -1.66. The normalized spacial score (nSPS) is 20.7. The fourth-order valence-corrected chi connectivity index (χ4v) is 6.31. The van der Waals surface area contributed by atoms with Gasteiger partial charge in [-0.2, -0.15) is 8.78 Å². The molecule has 13 heteroatoms. The van der Waals surface area contributed by atoms with E-state index in [9.17, 15) is 37.7 Å². The number of benzene rings is 3. The lowest BCUT2D eigenvalue weighted by Gasteiger charge is -2.39.